The molecule has 1 aromatic rings. The van der Waals surface area contributed by atoms with Crippen molar-refractivity contribution in [3.8, 4) is 0 Å². The van der Waals surface area contributed by atoms with Crippen LogP contribution >= 0.6 is 0 Å². The molecule has 0 aromatic heterocycles. The molecule has 2 aliphatic rings. The molecule has 21 heavy (non-hydrogen) atoms. The Balaban J connectivity index is 1.75. The van der Waals surface area contributed by atoms with Crippen molar-refractivity contribution in [2.24, 2.45) is 5.73 Å². The Morgan fingerprint density at radius 2 is 2.19 bits per heavy atom. The molecule has 0 amide bonds. The summed E-state index contributed by atoms with van der Waals surface area (Å²) in [6.07, 6.45) is 9.90. The van der Waals surface area contributed by atoms with E-state index in [0.717, 1.165) is 13.0 Å². The minimum absolute atomic E-state index is 0.0116. The maximum atomic E-state index is 6.22. The molecule has 0 heterocycles. The lowest BCUT2D eigenvalue weighted by atomic mass is 9.72. The van der Waals surface area contributed by atoms with E-state index in [-0.39, 0.29) is 5.54 Å². The van der Waals surface area contributed by atoms with Gasteiger partial charge in [-0.3, -0.25) is 0 Å². The van der Waals surface area contributed by atoms with Crippen molar-refractivity contribution in [3.05, 3.63) is 47.0 Å². The molecule has 0 radical (unpaired) electrons. The second-order valence-corrected chi connectivity index (χ2v) is 6.74. The minimum Gasteiger partial charge on any atom is -0.328 e. The lowest BCUT2D eigenvalue weighted by Gasteiger charge is -2.41. The largest absolute Gasteiger partial charge is 0.328 e. The van der Waals surface area contributed by atoms with Crippen molar-refractivity contribution in [1.29, 1.82) is 0 Å². The zero-order valence-electron chi connectivity index (χ0n) is 13.2. The van der Waals surface area contributed by atoms with Gasteiger partial charge in [0.1, 0.15) is 0 Å². The van der Waals surface area contributed by atoms with Crippen molar-refractivity contribution in [2.75, 3.05) is 13.1 Å². The zero-order valence-corrected chi connectivity index (χ0v) is 13.2. The predicted molar refractivity (Wildman–Crippen MR) is 89.4 cm³/mol. The highest BCUT2D eigenvalue weighted by molar-refractivity contribution is 5.39. The van der Waals surface area contributed by atoms with E-state index >= 15 is 0 Å². The molecule has 2 heteroatoms. The highest BCUT2D eigenvalue weighted by Gasteiger charge is 2.36. The van der Waals surface area contributed by atoms with Crippen LogP contribution in [0.1, 0.15) is 62.5 Å². The Hall–Kier alpha value is -1.12. The van der Waals surface area contributed by atoms with Gasteiger partial charge in [0.05, 0.1) is 5.54 Å². The molecule has 3 rings (SSSR count). The smallest absolute Gasteiger partial charge is 0.0561 e. The highest BCUT2D eigenvalue weighted by Crippen LogP contribution is 2.40. The van der Waals surface area contributed by atoms with Crippen molar-refractivity contribution in [1.82, 2.24) is 5.32 Å². The lowest BCUT2D eigenvalue weighted by Crippen LogP contribution is -2.51. The van der Waals surface area contributed by atoms with Crippen LogP contribution in [0, 0.1) is 0 Å². The molecule has 0 saturated heterocycles. The molecule has 2 aliphatic carbocycles. The van der Waals surface area contributed by atoms with Gasteiger partial charge in [-0.25, -0.2) is 0 Å². The van der Waals surface area contributed by atoms with Gasteiger partial charge in [0, 0.05) is 6.54 Å². The standard InChI is InChI=1S/C19H28N2/c1-15-10-12-19(14-20,18-9-5-4-8-17(15)18)21-13-11-16-6-2-3-7-16/h4-6,8-9,15,21H,2-3,7,10-14,20H2,1H3. The minimum atomic E-state index is -0.0116. The van der Waals surface area contributed by atoms with E-state index in [2.05, 4.69) is 42.6 Å². The number of nitrogens with two attached hydrogens (primary N) is 1. The summed E-state index contributed by atoms with van der Waals surface area (Å²) >= 11 is 0. The van der Waals surface area contributed by atoms with Crippen molar-refractivity contribution in [3.63, 3.8) is 0 Å². The Labute approximate surface area is 128 Å². The number of hydrogen-bond donors (Lipinski definition) is 2. The first-order chi connectivity index (χ1) is 10.2. The topological polar surface area (TPSA) is 38.0 Å². The fourth-order valence-electron chi connectivity index (χ4n) is 4.01. The molecule has 0 spiro atoms. The molecular weight excluding hydrogens is 256 g/mol. The summed E-state index contributed by atoms with van der Waals surface area (Å²) in [5.74, 6) is 0.653. The molecule has 1 aromatic carbocycles. The summed E-state index contributed by atoms with van der Waals surface area (Å²) in [6, 6.07) is 8.87. The number of nitrogens with one attached hydrogen (secondary N) is 1. The van der Waals surface area contributed by atoms with Crippen LogP contribution < -0.4 is 11.1 Å². The van der Waals surface area contributed by atoms with Crippen LogP contribution in [0.2, 0.25) is 0 Å². The molecule has 0 aliphatic heterocycles. The number of allylic oxidation sites excluding steroid dienone is 1. The van der Waals surface area contributed by atoms with Crippen LogP contribution in [0.5, 0.6) is 0 Å². The van der Waals surface area contributed by atoms with E-state index in [4.69, 9.17) is 5.73 Å². The molecular formula is C19H28N2. The van der Waals surface area contributed by atoms with E-state index in [1.54, 1.807) is 5.57 Å². The van der Waals surface area contributed by atoms with E-state index in [1.165, 1.54) is 43.2 Å². The molecule has 114 valence electrons. The molecule has 2 atom stereocenters. The maximum absolute atomic E-state index is 6.22. The van der Waals surface area contributed by atoms with Crippen molar-refractivity contribution in [2.45, 2.75) is 56.9 Å². The van der Waals surface area contributed by atoms with Crippen LogP contribution in [0.4, 0.5) is 0 Å². The van der Waals surface area contributed by atoms with E-state index in [9.17, 15) is 0 Å². The Kier molecular flexibility index (Phi) is 4.46. The van der Waals surface area contributed by atoms with Gasteiger partial charge in [-0.15, -0.1) is 0 Å². The first-order valence-electron chi connectivity index (χ1n) is 8.47. The number of benzene rings is 1. The summed E-state index contributed by atoms with van der Waals surface area (Å²) in [4.78, 5) is 0. The van der Waals surface area contributed by atoms with E-state index in [1.807, 2.05) is 0 Å². The Morgan fingerprint density at radius 1 is 1.33 bits per heavy atom. The molecule has 0 fully saturated rings. The number of hydrogen-bond acceptors (Lipinski definition) is 2. The fraction of sp³-hybridized carbons (Fsp3) is 0.579. The monoisotopic (exact) mass is 284 g/mol. The fourth-order valence-corrected chi connectivity index (χ4v) is 4.01. The summed E-state index contributed by atoms with van der Waals surface area (Å²) < 4.78 is 0. The second-order valence-electron chi connectivity index (χ2n) is 6.74. The SMILES string of the molecule is CC1CCC(CN)(NCCC2=CCCC2)c2ccccc21. The first kappa shape index (κ1) is 14.8. The molecule has 0 saturated carbocycles. The summed E-state index contributed by atoms with van der Waals surface area (Å²) in [5, 5.41) is 3.82. The molecule has 0 bridgehead atoms. The third-order valence-corrected chi connectivity index (χ3v) is 5.40. The van der Waals surface area contributed by atoms with Gasteiger partial charge in [-0.1, -0.05) is 42.8 Å². The number of rotatable bonds is 5. The zero-order chi connectivity index (χ0) is 14.7. The third-order valence-electron chi connectivity index (χ3n) is 5.40. The van der Waals surface area contributed by atoms with E-state index < -0.39 is 0 Å². The molecule has 2 unspecified atom stereocenters. The van der Waals surface area contributed by atoms with Gasteiger partial charge < -0.3 is 11.1 Å². The Bertz CT molecular complexity index is 520. The van der Waals surface area contributed by atoms with Gasteiger partial charge in [0.2, 0.25) is 0 Å². The van der Waals surface area contributed by atoms with Gasteiger partial charge in [-0.2, -0.15) is 0 Å². The van der Waals surface area contributed by atoms with Crippen LogP contribution in [-0.4, -0.2) is 13.1 Å². The van der Waals surface area contributed by atoms with Gasteiger partial charge in [0.15, 0.2) is 0 Å². The quantitative estimate of drug-likeness (QED) is 0.807. The van der Waals surface area contributed by atoms with Gasteiger partial charge in [-0.05, 0) is 62.1 Å². The predicted octanol–water partition coefficient (Wildman–Crippen LogP) is 3.83. The maximum Gasteiger partial charge on any atom is 0.0561 e. The normalized spacial score (nSPS) is 28.3. The van der Waals surface area contributed by atoms with E-state index in [0.29, 0.717) is 12.5 Å². The summed E-state index contributed by atoms with van der Waals surface area (Å²) in [6.45, 7) is 4.07. The Morgan fingerprint density at radius 3 is 2.95 bits per heavy atom. The second kappa shape index (κ2) is 6.33. The average molecular weight is 284 g/mol. The van der Waals surface area contributed by atoms with Crippen LogP contribution in [0.15, 0.2) is 35.9 Å². The van der Waals surface area contributed by atoms with Gasteiger partial charge >= 0.3 is 0 Å². The van der Waals surface area contributed by atoms with Crippen LogP contribution in [0.3, 0.4) is 0 Å². The third kappa shape index (κ3) is 2.93. The summed E-state index contributed by atoms with van der Waals surface area (Å²) in [5.41, 5.74) is 10.8. The first-order valence-corrected chi connectivity index (χ1v) is 8.47. The van der Waals surface area contributed by atoms with Gasteiger partial charge in [0.25, 0.3) is 0 Å². The highest BCUT2D eigenvalue weighted by atomic mass is 15.0. The molecule has 2 nitrogen and oxygen atoms in total. The van der Waals surface area contributed by atoms with Crippen LogP contribution in [0.25, 0.3) is 0 Å². The van der Waals surface area contributed by atoms with Crippen LogP contribution in [-0.2, 0) is 5.54 Å². The average Bonchev–Trinajstić information content (AvgIpc) is 3.03. The lowest BCUT2D eigenvalue weighted by molar-refractivity contribution is 0.281. The number of fused-ring (bicyclic) bond motifs is 1. The summed E-state index contributed by atoms with van der Waals surface area (Å²) in [7, 11) is 0. The molecule has 3 N–H and O–H groups in total. The van der Waals surface area contributed by atoms with Crippen molar-refractivity contribution < 1.29 is 0 Å². The van der Waals surface area contributed by atoms with Crippen molar-refractivity contribution >= 4 is 0 Å².